The summed E-state index contributed by atoms with van der Waals surface area (Å²) >= 11 is 3.37. The van der Waals surface area contributed by atoms with Gasteiger partial charge in [0.15, 0.2) is 5.84 Å². The Morgan fingerprint density at radius 2 is 1.95 bits per heavy atom. The van der Waals surface area contributed by atoms with Gasteiger partial charge in [0.05, 0.1) is 6.21 Å². The molecule has 0 aromatic heterocycles. The maximum atomic E-state index is 11.9. The molecule has 0 saturated heterocycles. The van der Waals surface area contributed by atoms with Gasteiger partial charge in [0.2, 0.25) is 0 Å². The molecular formula is C14H10BrN3O2S. The Bertz CT molecular complexity index is 860. The number of nitrogens with one attached hydrogen (secondary N) is 1. The van der Waals surface area contributed by atoms with Gasteiger partial charge in [-0.3, -0.25) is 5.43 Å². The Labute approximate surface area is 130 Å². The van der Waals surface area contributed by atoms with E-state index < -0.39 is 10.0 Å². The van der Waals surface area contributed by atoms with Crippen LogP contribution in [0.1, 0.15) is 11.1 Å². The van der Waals surface area contributed by atoms with Crippen molar-refractivity contribution in [3.63, 3.8) is 0 Å². The minimum atomic E-state index is -3.61. The highest BCUT2D eigenvalue weighted by atomic mass is 79.9. The zero-order valence-electron chi connectivity index (χ0n) is 10.7. The molecule has 5 nitrogen and oxygen atoms in total. The van der Waals surface area contributed by atoms with Crippen LogP contribution in [0.15, 0.2) is 67.4 Å². The minimum absolute atomic E-state index is 0.199. The molecule has 0 aliphatic carbocycles. The van der Waals surface area contributed by atoms with Crippen LogP contribution in [0.25, 0.3) is 0 Å². The van der Waals surface area contributed by atoms with Crippen LogP contribution in [0.5, 0.6) is 0 Å². The van der Waals surface area contributed by atoms with Gasteiger partial charge < -0.3 is 0 Å². The van der Waals surface area contributed by atoms with Gasteiger partial charge in [-0.05, 0) is 29.8 Å². The van der Waals surface area contributed by atoms with Gasteiger partial charge in [0, 0.05) is 10.0 Å². The number of hydrogen-bond donors (Lipinski definition) is 1. The van der Waals surface area contributed by atoms with Crippen molar-refractivity contribution in [3.05, 3.63) is 64.1 Å². The number of halogens is 1. The molecule has 2 aromatic carbocycles. The second kappa shape index (κ2) is 5.42. The molecule has 0 fully saturated rings. The summed E-state index contributed by atoms with van der Waals surface area (Å²) < 4.78 is 28.3. The summed E-state index contributed by atoms with van der Waals surface area (Å²) in [6, 6.07) is 14.2. The molecule has 0 atom stereocenters. The van der Waals surface area contributed by atoms with Crippen molar-refractivity contribution >= 4 is 38.0 Å². The highest BCUT2D eigenvalue weighted by Crippen LogP contribution is 2.24. The number of rotatable bonds is 2. The van der Waals surface area contributed by atoms with Gasteiger partial charge in [-0.2, -0.15) is 13.5 Å². The number of nitrogens with zero attached hydrogens (tertiary/aromatic N) is 2. The van der Waals surface area contributed by atoms with E-state index in [1.54, 1.807) is 24.4 Å². The van der Waals surface area contributed by atoms with Crippen LogP contribution >= 0.6 is 15.9 Å². The first-order chi connectivity index (χ1) is 10.1. The summed E-state index contributed by atoms with van der Waals surface area (Å²) in [6.07, 6.45) is 1.60. The summed E-state index contributed by atoms with van der Waals surface area (Å²) in [5.74, 6) is 0.233. The van der Waals surface area contributed by atoms with E-state index in [9.17, 15) is 8.42 Å². The molecule has 0 amide bonds. The first-order valence-electron chi connectivity index (χ1n) is 6.05. The molecule has 0 bridgehead atoms. The number of amidine groups is 1. The lowest BCUT2D eigenvalue weighted by Gasteiger charge is -2.00. The van der Waals surface area contributed by atoms with Crippen molar-refractivity contribution < 1.29 is 8.42 Å². The van der Waals surface area contributed by atoms with Crippen LogP contribution in [0.2, 0.25) is 0 Å². The number of sulfonamides is 1. The lowest BCUT2D eigenvalue weighted by Crippen LogP contribution is -2.17. The summed E-state index contributed by atoms with van der Waals surface area (Å²) in [5, 5.41) is 4.04. The normalized spacial score (nSPS) is 15.8. The second-order valence-electron chi connectivity index (χ2n) is 4.34. The average molecular weight is 364 g/mol. The highest BCUT2D eigenvalue weighted by Gasteiger charge is 2.28. The molecule has 0 saturated carbocycles. The Balaban J connectivity index is 1.84. The van der Waals surface area contributed by atoms with Crippen molar-refractivity contribution in [2.75, 3.05) is 0 Å². The first-order valence-corrected chi connectivity index (χ1v) is 8.28. The van der Waals surface area contributed by atoms with E-state index in [4.69, 9.17) is 0 Å². The molecule has 3 rings (SSSR count). The Morgan fingerprint density at radius 1 is 1.14 bits per heavy atom. The predicted molar refractivity (Wildman–Crippen MR) is 85.0 cm³/mol. The van der Waals surface area contributed by atoms with Gasteiger partial charge in [-0.15, -0.1) is 4.40 Å². The van der Waals surface area contributed by atoms with E-state index >= 15 is 0 Å². The summed E-state index contributed by atoms with van der Waals surface area (Å²) in [5.41, 5.74) is 4.10. The van der Waals surface area contributed by atoms with Crippen molar-refractivity contribution in [2.45, 2.75) is 4.90 Å². The minimum Gasteiger partial charge on any atom is -0.260 e. The Hall–Kier alpha value is -1.99. The fourth-order valence-corrected chi connectivity index (χ4v) is 3.53. The topological polar surface area (TPSA) is 70.9 Å². The van der Waals surface area contributed by atoms with Gasteiger partial charge in [0.25, 0.3) is 10.0 Å². The van der Waals surface area contributed by atoms with E-state index in [-0.39, 0.29) is 10.7 Å². The summed E-state index contributed by atoms with van der Waals surface area (Å²) in [6.45, 7) is 0. The lowest BCUT2D eigenvalue weighted by atomic mass is 10.2. The zero-order valence-corrected chi connectivity index (χ0v) is 13.1. The van der Waals surface area contributed by atoms with Crippen LogP contribution in [-0.2, 0) is 10.0 Å². The van der Waals surface area contributed by atoms with Crippen LogP contribution in [0.3, 0.4) is 0 Å². The molecule has 0 radical (unpaired) electrons. The van der Waals surface area contributed by atoms with Crippen LogP contribution in [-0.4, -0.2) is 20.5 Å². The number of fused-ring (bicyclic) bond motifs is 1. The Morgan fingerprint density at radius 3 is 2.76 bits per heavy atom. The van der Waals surface area contributed by atoms with E-state index in [0.29, 0.717) is 5.56 Å². The third kappa shape index (κ3) is 2.88. The maximum absolute atomic E-state index is 11.9. The van der Waals surface area contributed by atoms with Crippen molar-refractivity contribution in [3.8, 4) is 0 Å². The van der Waals surface area contributed by atoms with Gasteiger partial charge >= 0.3 is 0 Å². The molecular weight excluding hydrogens is 354 g/mol. The lowest BCUT2D eigenvalue weighted by molar-refractivity contribution is 0.599. The second-order valence-corrected chi connectivity index (χ2v) is 6.82. The van der Waals surface area contributed by atoms with Gasteiger partial charge in [-0.1, -0.05) is 40.2 Å². The maximum Gasteiger partial charge on any atom is 0.285 e. The van der Waals surface area contributed by atoms with E-state index in [1.165, 1.54) is 6.07 Å². The number of hydrogen-bond acceptors (Lipinski definition) is 4. The summed E-state index contributed by atoms with van der Waals surface area (Å²) in [7, 11) is -3.61. The van der Waals surface area contributed by atoms with Crippen LogP contribution in [0, 0.1) is 0 Å². The van der Waals surface area contributed by atoms with E-state index in [1.807, 2.05) is 24.3 Å². The molecule has 21 heavy (non-hydrogen) atoms. The van der Waals surface area contributed by atoms with Crippen LogP contribution in [0.4, 0.5) is 0 Å². The molecule has 1 aliphatic heterocycles. The molecule has 2 aromatic rings. The van der Waals surface area contributed by atoms with Crippen LogP contribution < -0.4 is 5.43 Å². The molecule has 0 spiro atoms. The van der Waals surface area contributed by atoms with E-state index in [0.717, 1.165) is 10.0 Å². The predicted octanol–water partition coefficient (Wildman–Crippen LogP) is 2.52. The standard InChI is InChI=1S/C14H10BrN3O2S/c15-11-5-3-4-10(8-11)9-16-17-14-12-6-1-2-7-13(12)21(19,20)18-14/h1-9H,(H,17,18). The quantitative estimate of drug-likeness (QED) is 0.658. The fraction of sp³-hybridized carbons (Fsp3) is 0. The van der Waals surface area contributed by atoms with Gasteiger partial charge in [0.1, 0.15) is 4.90 Å². The summed E-state index contributed by atoms with van der Waals surface area (Å²) in [4.78, 5) is 0.199. The molecule has 7 heteroatoms. The molecule has 1 heterocycles. The fourth-order valence-electron chi connectivity index (χ4n) is 1.94. The SMILES string of the molecule is O=S1(=O)N=C(NN=Cc2cccc(Br)c2)c2ccccc21. The highest BCUT2D eigenvalue weighted by molar-refractivity contribution is 9.10. The molecule has 106 valence electrons. The third-order valence-electron chi connectivity index (χ3n) is 2.86. The first kappa shape index (κ1) is 14.0. The number of benzene rings is 2. The third-order valence-corrected chi connectivity index (χ3v) is 4.69. The molecule has 1 aliphatic rings. The monoisotopic (exact) mass is 363 g/mol. The largest absolute Gasteiger partial charge is 0.285 e. The zero-order chi connectivity index (χ0) is 14.9. The molecule has 0 unspecified atom stereocenters. The Kier molecular flexibility index (Phi) is 3.60. The average Bonchev–Trinajstić information content (AvgIpc) is 2.71. The van der Waals surface area contributed by atoms with E-state index in [2.05, 4.69) is 30.9 Å². The smallest absolute Gasteiger partial charge is 0.260 e. The number of hydrazone groups is 1. The van der Waals surface area contributed by atoms with Gasteiger partial charge in [-0.25, -0.2) is 0 Å². The van der Waals surface area contributed by atoms with Crippen molar-refractivity contribution in [1.29, 1.82) is 0 Å². The van der Waals surface area contributed by atoms with Crippen molar-refractivity contribution in [1.82, 2.24) is 5.43 Å². The van der Waals surface area contributed by atoms with Crippen molar-refractivity contribution in [2.24, 2.45) is 9.50 Å². The molecule has 1 N–H and O–H groups in total.